The minimum atomic E-state index is -0.656. The van der Waals surface area contributed by atoms with Gasteiger partial charge in [0.25, 0.3) is 0 Å². The molecule has 3 aromatic rings. The summed E-state index contributed by atoms with van der Waals surface area (Å²) in [5.41, 5.74) is 0.126. The summed E-state index contributed by atoms with van der Waals surface area (Å²) in [4.78, 5) is 14.7. The number of ether oxygens (including phenoxy) is 2. The lowest BCUT2D eigenvalue weighted by Crippen LogP contribution is -2.51. The molecular formula is C22H25N5O3. The summed E-state index contributed by atoms with van der Waals surface area (Å²) in [6.07, 6.45) is 4.17. The minimum Gasteiger partial charge on any atom is -0.497 e. The lowest BCUT2D eigenvalue weighted by atomic mass is 9.79. The van der Waals surface area contributed by atoms with Crippen molar-refractivity contribution in [2.24, 2.45) is 0 Å². The first kappa shape index (κ1) is 19.9. The van der Waals surface area contributed by atoms with Crippen molar-refractivity contribution in [2.75, 3.05) is 14.2 Å². The Morgan fingerprint density at radius 3 is 2.50 bits per heavy atom. The zero-order valence-corrected chi connectivity index (χ0v) is 17.2. The van der Waals surface area contributed by atoms with E-state index >= 15 is 0 Å². The van der Waals surface area contributed by atoms with Crippen molar-refractivity contribution >= 4 is 6.09 Å². The molecule has 156 valence electrons. The van der Waals surface area contributed by atoms with E-state index in [0.717, 1.165) is 37.8 Å². The first-order valence-corrected chi connectivity index (χ1v) is 10.1. The highest BCUT2D eigenvalue weighted by atomic mass is 16.6. The van der Waals surface area contributed by atoms with E-state index in [0.29, 0.717) is 17.3 Å². The number of para-hydroxylation sites is 1. The van der Waals surface area contributed by atoms with E-state index in [2.05, 4.69) is 15.5 Å². The van der Waals surface area contributed by atoms with Gasteiger partial charge in [-0.1, -0.05) is 43.5 Å². The molecule has 30 heavy (non-hydrogen) atoms. The Labute approximate surface area is 175 Å². The van der Waals surface area contributed by atoms with Crippen molar-refractivity contribution in [3.05, 3.63) is 60.4 Å². The van der Waals surface area contributed by atoms with Gasteiger partial charge in [0.15, 0.2) is 5.82 Å². The highest BCUT2D eigenvalue weighted by Gasteiger charge is 2.45. The van der Waals surface area contributed by atoms with Crippen LogP contribution in [0, 0.1) is 0 Å². The summed E-state index contributed by atoms with van der Waals surface area (Å²) < 4.78 is 12.7. The molecule has 0 unspecified atom stereocenters. The molecule has 8 heteroatoms. The maximum absolute atomic E-state index is 13.1. The average Bonchev–Trinajstić information content (AvgIpc) is 3.30. The minimum absolute atomic E-state index is 0.428. The molecule has 1 fully saturated rings. The van der Waals surface area contributed by atoms with Crippen molar-refractivity contribution in [3.8, 4) is 17.2 Å². The van der Waals surface area contributed by atoms with Gasteiger partial charge in [-0.15, -0.1) is 5.10 Å². The number of amides is 1. The van der Waals surface area contributed by atoms with Crippen LogP contribution in [-0.2, 0) is 5.54 Å². The predicted molar refractivity (Wildman–Crippen MR) is 111 cm³/mol. The van der Waals surface area contributed by atoms with Gasteiger partial charge in [-0.25, -0.2) is 4.79 Å². The van der Waals surface area contributed by atoms with E-state index in [9.17, 15) is 4.79 Å². The highest BCUT2D eigenvalue weighted by molar-refractivity contribution is 5.71. The fourth-order valence-electron chi connectivity index (χ4n) is 4.07. The number of tetrazole rings is 1. The van der Waals surface area contributed by atoms with Crippen LogP contribution in [0.3, 0.4) is 0 Å². The first-order valence-electron chi connectivity index (χ1n) is 10.1. The lowest BCUT2D eigenvalue weighted by Gasteiger charge is -2.42. The fraction of sp³-hybridized carbons (Fsp3) is 0.364. The molecule has 0 saturated heterocycles. The molecule has 2 aromatic carbocycles. The van der Waals surface area contributed by atoms with Crippen LogP contribution in [-0.4, -0.2) is 45.4 Å². The number of nitrogens with zero attached hydrogens (tertiary/aromatic N) is 5. The van der Waals surface area contributed by atoms with Gasteiger partial charge in [0.2, 0.25) is 0 Å². The van der Waals surface area contributed by atoms with Crippen LogP contribution < -0.4 is 9.47 Å². The van der Waals surface area contributed by atoms with Gasteiger partial charge in [0.05, 0.1) is 12.8 Å². The third kappa shape index (κ3) is 3.72. The smallest absolute Gasteiger partial charge is 0.415 e. The van der Waals surface area contributed by atoms with Crippen molar-refractivity contribution in [1.29, 1.82) is 0 Å². The topological polar surface area (TPSA) is 82.4 Å². The fourth-order valence-corrected chi connectivity index (χ4v) is 4.07. The summed E-state index contributed by atoms with van der Waals surface area (Å²) in [6, 6.07) is 16.6. The average molecular weight is 407 g/mol. The number of carbonyl (C=O) groups is 1. The maximum atomic E-state index is 13.1. The van der Waals surface area contributed by atoms with Crippen LogP contribution in [0.2, 0.25) is 0 Å². The second-order valence-electron chi connectivity index (χ2n) is 7.45. The predicted octanol–water partition coefficient (Wildman–Crippen LogP) is 3.96. The number of carbonyl (C=O) groups excluding carboxylic acids is 1. The zero-order chi connectivity index (χ0) is 21.0. The number of aromatic nitrogens is 4. The van der Waals surface area contributed by atoms with Crippen LogP contribution in [0.25, 0.3) is 5.69 Å². The summed E-state index contributed by atoms with van der Waals surface area (Å²) in [5.74, 6) is 1.85. The van der Waals surface area contributed by atoms with Crippen LogP contribution in [0.5, 0.6) is 11.5 Å². The molecule has 4 rings (SSSR count). The summed E-state index contributed by atoms with van der Waals surface area (Å²) in [5, 5.41) is 12.5. The third-order valence-electron chi connectivity index (χ3n) is 5.73. The Kier molecular flexibility index (Phi) is 5.65. The maximum Gasteiger partial charge on any atom is 0.415 e. The number of benzene rings is 2. The molecule has 1 aliphatic carbocycles. The molecule has 0 radical (unpaired) electrons. The Hall–Kier alpha value is -3.42. The van der Waals surface area contributed by atoms with E-state index in [1.807, 2.05) is 42.5 Å². The van der Waals surface area contributed by atoms with Crippen molar-refractivity contribution in [1.82, 2.24) is 25.1 Å². The van der Waals surface area contributed by atoms with Crippen molar-refractivity contribution < 1.29 is 14.3 Å². The summed E-state index contributed by atoms with van der Waals surface area (Å²) >= 11 is 0. The molecule has 0 atom stereocenters. The van der Waals surface area contributed by atoms with Gasteiger partial charge in [-0.3, -0.25) is 4.90 Å². The molecule has 1 aliphatic rings. The Morgan fingerprint density at radius 1 is 1.03 bits per heavy atom. The van der Waals surface area contributed by atoms with Crippen LogP contribution in [0.4, 0.5) is 4.79 Å². The Balaban J connectivity index is 1.71. The second-order valence-corrected chi connectivity index (χ2v) is 7.45. The van der Waals surface area contributed by atoms with Crippen LogP contribution in [0.15, 0.2) is 54.6 Å². The molecule has 0 bridgehead atoms. The van der Waals surface area contributed by atoms with E-state index in [-0.39, 0.29) is 0 Å². The monoisotopic (exact) mass is 407 g/mol. The Morgan fingerprint density at radius 2 is 1.77 bits per heavy atom. The third-order valence-corrected chi connectivity index (χ3v) is 5.73. The number of hydrogen-bond acceptors (Lipinski definition) is 6. The summed E-state index contributed by atoms with van der Waals surface area (Å²) in [6.45, 7) is 0. The zero-order valence-electron chi connectivity index (χ0n) is 17.2. The SMILES string of the molecule is COc1cccc(-n2nnnc2C2(N(C)C(=O)Oc3ccccc3)CCCCC2)c1. The largest absolute Gasteiger partial charge is 0.497 e. The first-order chi connectivity index (χ1) is 14.6. The van der Waals surface area contributed by atoms with Crippen LogP contribution >= 0.6 is 0 Å². The molecule has 8 nitrogen and oxygen atoms in total. The number of hydrogen-bond donors (Lipinski definition) is 0. The summed E-state index contributed by atoms with van der Waals surface area (Å²) in [7, 11) is 3.39. The number of methoxy groups -OCH3 is 1. The molecule has 0 spiro atoms. The second kappa shape index (κ2) is 8.52. The quantitative estimate of drug-likeness (QED) is 0.637. The van der Waals surface area contributed by atoms with Gasteiger partial charge in [0, 0.05) is 13.1 Å². The molecule has 1 amide bonds. The van der Waals surface area contributed by atoms with Crippen molar-refractivity contribution in [2.45, 2.75) is 37.6 Å². The van der Waals surface area contributed by atoms with Gasteiger partial charge >= 0.3 is 6.09 Å². The molecule has 1 aromatic heterocycles. The Bertz CT molecular complexity index is 999. The van der Waals surface area contributed by atoms with Gasteiger partial charge in [-0.05, 0) is 47.5 Å². The van der Waals surface area contributed by atoms with E-state index in [1.54, 1.807) is 35.9 Å². The van der Waals surface area contributed by atoms with Gasteiger partial charge in [0.1, 0.15) is 17.0 Å². The normalized spacial score (nSPS) is 15.4. The van der Waals surface area contributed by atoms with Gasteiger partial charge < -0.3 is 9.47 Å². The van der Waals surface area contributed by atoms with E-state index in [4.69, 9.17) is 9.47 Å². The molecule has 0 N–H and O–H groups in total. The van der Waals surface area contributed by atoms with Crippen molar-refractivity contribution in [3.63, 3.8) is 0 Å². The highest BCUT2D eigenvalue weighted by Crippen LogP contribution is 2.41. The molecule has 1 saturated carbocycles. The standard InChI is InChI=1S/C22H25N5O3/c1-26(21(28)30-18-11-5-3-6-12-18)22(14-7-4-8-15-22)20-23-24-25-27(20)17-10-9-13-19(16-17)29-2/h3,5-6,9-13,16H,4,7-8,14-15H2,1-2H3. The molecule has 1 heterocycles. The number of rotatable bonds is 5. The molecule has 0 aliphatic heterocycles. The van der Waals surface area contributed by atoms with Crippen LogP contribution in [0.1, 0.15) is 37.9 Å². The van der Waals surface area contributed by atoms with E-state index in [1.165, 1.54) is 0 Å². The van der Waals surface area contributed by atoms with Gasteiger partial charge in [-0.2, -0.15) is 4.68 Å². The van der Waals surface area contributed by atoms with E-state index < -0.39 is 11.6 Å². The lowest BCUT2D eigenvalue weighted by molar-refractivity contribution is 0.0622. The molecular weight excluding hydrogens is 382 g/mol.